The summed E-state index contributed by atoms with van der Waals surface area (Å²) in [6.45, 7) is 1.68. The van der Waals surface area contributed by atoms with Gasteiger partial charge in [-0.25, -0.2) is 4.39 Å². The molecule has 1 amide bonds. The van der Waals surface area contributed by atoms with Crippen molar-refractivity contribution in [1.82, 2.24) is 0 Å². The number of halogens is 3. The SMILES string of the molecule is Cc1cc(NCC(=O)Nc2c(Cl)cccc2Cl)ccc1F. The van der Waals surface area contributed by atoms with Gasteiger partial charge in [-0.05, 0) is 42.8 Å². The molecule has 0 aliphatic rings. The van der Waals surface area contributed by atoms with Crippen molar-refractivity contribution in [2.75, 3.05) is 17.2 Å². The van der Waals surface area contributed by atoms with E-state index in [0.717, 1.165) is 0 Å². The molecule has 0 aliphatic heterocycles. The summed E-state index contributed by atoms with van der Waals surface area (Å²) in [5.41, 5.74) is 1.55. The Balaban J connectivity index is 1.97. The first-order chi connectivity index (χ1) is 9.97. The van der Waals surface area contributed by atoms with E-state index in [4.69, 9.17) is 23.2 Å². The molecule has 2 aromatic carbocycles. The zero-order valence-electron chi connectivity index (χ0n) is 11.2. The highest BCUT2D eigenvalue weighted by Crippen LogP contribution is 2.29. The van der Waals surface area contributed by atoms with Crippen LogP contribution in [0.15, 0.2) is 36.4 Å². The van der Waals surface area contributed by atoms with Gasteiger partial charge in [-0.15, -0.1) is 0 Å². The Bertz CT molecular complexity index is 656. The number of rotatable bonds is 4. The van der Waals surface area contributed by atoms with Crippen LogP contribution in [-0.2, 0) is 4.79 Å². The molecule has 0 radical (unpaired) electrons. The largest absolute Gasteiger partial charge is 0.376 e. The van der Waals surface area contributed by atoms with Gasteiger partial charge in [0.05, 0.1) is 22.3 Å². The number of carbonyl (C=O) groups excluding carboxylic acids is 1. The minimum atomic E-state index is -0.299. The number of anilines is 2. The zero-order chi connectivity index (χ0) is 15.4. The van der Waals surface area contributed by atoms with Crippen molar-refractivity contribution in [1.29, 1.82) is 0 Å². The highest BCUT2D eigenvalue weighted by Gasteiger charge is 2.09. The quantitative estimate of drug-likeness (QED) is 0.869. The van der Waals surface area contributed by atoms with E-state index in [1.807, 2.05) is 0 Å². The van der Waals surface area contributed by atoms with E-state index in [9.17, 15) is 9.18 Å². The molecule has 2 rings (SSSR count). The second-order valence-corrected chi connectivity index (χ2v) is 5.28. The number of hydrogen-bond acceptors (Lipinski definition) is 2. The van der Waals surface area contributed by atoms with E-state index >= 15 is 0 Å². The van der Waals surface area contributed by atoms with E-state index < -0.39 is 0 Å². The Morgan fingerprint density at radius 1 is 1.19 bits per heavy atom. The molecule has 0 saturated carbocycles. The van der Waals surface area contributed by atoms with Gasteiger partial charge in [0.25, 0.3) is 0 Å². The minimum absolute atomic E-state index is 0.0205. The van der Waals surface area contributed by atoms with Crippen LogP contribution < -0.4 is 10.6 Å². The van der Waals surface area contributed by atoms with Crippen LogP contribution in [0.1, 0.15) is 5.56 Å². The highest BCUT2D eigenvalue weighted by atomic mass is 35.5. The fraction of sp³-hybridized carbons (Fsp3) is 0.133. The molecule has 21 heavy (non-hydrogen) atoms. The normalized spacial score (nSPS) is 10.3. The van der Waals surface area contributed by atoms with Gasteiger partial charge in [0.1, 0.15) is 5.82 Å². The molecular weight excluding hydrogens is 314 g/mol. The van der Waals surface area contributed by atoms with Crippen LogP contribution in [0.5, 0.6) is 0 Å². The zero-order valence-corrected chi connectivity index (χ0v) is 12.7. The van der Waals surface area contributed by atoms with Crippen molar-refractivity contribution < 1.29 is 9.18 Å². The molecule has 0 aliphatic carbocycles. The van der Waals surface area contributed by atoms with Crippen LogP contribution in [-0.4, -0.2) is 12.5 Å². The Labute approximate surface area is 132 Å². The predicted octanol–water partition coefficient (Wildman–Crippen LogP) is 4.49. The lowest BCUT2D eigenvalue weighted by atomic mass is 10.2. The van der Waals surface area contributed by atoms with Crippen molar-refractivity contribution in [2.45, 2.75) is 6.92 Å². The van der Waals surface area contributed by atoms with Gasteiger partial charge in [0.15, 0.2) is 0 Å². The van der Waals surface area contributed by atoms with Gasteiger partial charge in [-0.3, -0.25) is 4.79 Å². The van der Waals surface area contributed by atoms with E-state index in [1.165, 1.54) is 6.07 Å². The first-order valence-corrected chi connectivity index (χ1v) is 6.97. The maximum Gasteiger partial charge on any atom is 0.243 e. The number of nitrogens with one attached hydrogen (secondary N) is 2. The standard InChI is InChI=1S/C15H13Cl2FN2O/c1-9-7-10(5-6-13(9)18)19-8-14(21)20-15-11(16)3-2-4-12(15)17/h2-7,19H,8H2,1H3,(H,20,21). The van der Waals surface area contributed by atoms with Gasteiger partial charge >= 0.3 is 0 Å². The summed E-state index contributed by atoms with van der Waals surface area (Å²) in [5.74, 6) is -0.583. The van der Waals surface area contributed by atoms with Crippen LogP contribution in [0.25, 0.3) is 0 Å². The number of hydrogen-bond donors (Lipinski definition) is 2. The second-order valence-electron chi connectivity index (χ2n) is 4.46. The molecule has 0 bridgehead atoms. The van der Waals surface area contributed by atoms with E-state index in [2.05, 4.69) is 10.6 Å². The summed E-state index contributed by atoms with van der Waals surface area (Å²) in [5, 5.41) is 6.28. The van der Waals surface area contributed by atoms with Crippen molar-refractivity contribution in [3.05, 3.63) is 57.8 Å². The van der Waals surface area contributed by atoms with Crippen LogP contribution in [0.3, 0.4) is 0 Å². The second kappa shape index (κ2) is 6.78. The molecule has 2 N–H and O–H groups in total. The van der Waals surface area contributed by atoms with Crippen LogP contribution in [0.2, 0.25) is 10.0 Å². The molecule has 0 aromatic heterocycles. The molecule has 110 valence electrons. The Hall–Kier alpha value is -1.78. The molecule has 0 spiro atoms. The molecule has 0 fully saturated rings. The number of amides is 1. The lowest BCUT2D eigenvalue weighted by Gasteiger charge is -2.11. The molecule has 0 atom stereocenters. The van der Waals surface area contributed by atoms with Crippen molar-refractivity contribution in [3.8, 4) is 0 Å². The number of carbonyl (C=O) groups is 1. The van der Waals surface area contributed by atoms with E-state index in [-0.39, 0.29) is 18.3 Å². The van der Waals surface area contributed by atoms with E-state index in [0.29, 0.717) is 27.0 Å². The molecule has 0 heterocycles. The third kappa shape index (κ3) is 4.09. The average Bonchev–Trinajstić information content (AvgIpc) is 2.44. The topological polar surface area (TPSA) is 41.1 Å². The number of benzene rings is 2. The van der Waals surface area contributed by atoms with E-state index in [1.54, 1.807) is 37.3 Å². The fourth-order valence-corrected chi connectivity index (χ4v) is 2.23. The molecule has 6 heteroatoms. The van der Waals surface area contributed by atoms with Gasteiger partial charge in [0.2, 0.25) is 5.91 Å². The van der Waals surface area contributed by atoms with Crippen LogP contribution in [0.4, 0.5) is 15.8 Å². The van der Waals surface area contributed by atoms with Crippen LogP contribution >= 0.6 is 23.2 Å². The number of aryl methyl sites for hydroxylation is 1. The first kappa shape index (κ1) is 15.6. The molecular formula is C15H13Cl2FN2O. The lowest BCUT2D eigenvalue weighted by molar-refractivity contribution is -0.114. The minimum Gasteiger partial charge on any atom is -0.376 e. The smallest absolute Gasteiger partial charge is 0.243 e. The Kier molecular flexibility index (Phi) is 5.04. The molecule has 2 aromatic rings. The summed E-state index contributed by atoms with van der Waals surface area (Å²) >= 11 is 11.9. The molecule has 3 nitrogen and oxygen atoms in total. The van der Waals surface area contributed by atoms with Gasteiger partial charge in [-0.2, -0.15) is 0 Å². The first-order valence-electron chi connectivity index (χ1n) is 6.21. The monoisotopic (exact) mass is 326 g/mol. The van der Waals surface area contributed by atoms with Crippen LogP contribution in [0, 0.1) is 12.7 Å². The Morgan fingerprint density at radius 3 is 2.48 bits per heavy atom. The van der Waals surface area contributed by atoms with Crippen molar-refractivity contribution in [3.63, 3.8) is 0 Å². The third-order valence-corrected chi connectivity index (χ3v) is 3.47. The number of para-hydroxylation sites is 1. The molecule has 0 unspecified atom stereocenters. The van der Waals surface area contributed by atoms with Crippen molar-refractivity contribution >= 4 is 40.5 Å². The van der Waals surface area contributed by atoms with Gasteiger partial charge < -0.3 is 10.6 Å². The maximum atomic E-state index is 13.1. The summed E-state index contributed by atoms with van der Waals surface area (Å²) in [7, 11) is 0. The van der Waals surface area contributed by atoms with Gasteiger partial charge in [-0.1, -0.05) is 29.3 Å². The highest BCUT2D eigenvalue weighted by molar-refractivity contribution is 6.39. The maximum absolute atomic E-state index is 13.1. The Morgan fingerprint density at radius 2 is 1.86 bits per heavy atom. The third-order valence-electron chi connectivity index (χ3n) is 2.84. The summed E-state index contributed by atoms with van der Waals surface area (Å²) in [6.07, 6.45) is 0. The summed E-state index contributed by atoms with van der Waals surface area (Å²) in [4.78, 5) is 11.9. The summed E-state index contributed by atoms with van der Waals surface area (Å²) < 4.78 is 13.1. The predicted molar refractivity (Wildman–Crippen MR) is 84.7 cm³/mol. The van der Waals surface area contributed by atoms with Gasteiger partial charge in [0, 0.05) is 5.69 Å². The molecule has 0 saturated heterocycles. The average molecular weight is 327 g/mol. The summed E-state index contributed by atoms with van der Waals surface area (Å²) in [6, 6.07) is 9.52. The lowest BCUT2D eigenvalue weighted by Crippen LogP contribution is -2.22. The van der Waals surface area contributed by atoms with Crippen molar-refractivity contribution in [2.24, 2.45) is 0 Å². The fourth-order valence-electron chi connectivity index (χ4n) is 1.74.